The number of rotatable bonds is 3. The Morgan fingerprint density at radius 2 is 2.53 bits per heavy atom. The summed E-state index contributed by atoms with van der Waals surface area (Å²) >= 11 is 1.64. The molecule has 1 aromatic heterocycles. The van der Waals surface area contributed by atoms with Crippen LogP contribution in [0.15, 0.2) is 16.8 Å². The molecule has 1 amide bonds. The maximum absolute atomic E-state index is 12.1. The zero-order valence-corrected chi connectivity index (χ0v) is 11.1. The second kappa shape index (κ2) is 5.19. The van der Waals surface area contributed by atoms with E-state index in [1.807, 2.05) is 16.8 Å². The summed E-state index contributed by atoms with van der Waals surface area (Å²) < 4.78 is 0. The van der Waals surface area contributed by atoms with Gasteiger partial charge in [0.15, 0.2) is 0 Å². The summed E-state index contributed by atoms with van der Waals surface area (Å²) in [6, 6.07) is 2.03. The van der Waals surface area contributed by atoms with Gasteiger partial charge in [0, 0.05) is 6.54 Å². The van der Waals surface area contributed by atoms with Crippen molar-refractivity contribution in [2.24, 2.45) is 11.7 Å². The van der Waals surface area contributed by atoms with Crippen molar-refractivity contribution in [3.63, 3.8) is 0 Å². The summed E-state index contributed by atoms with van der Waals surface area (Å²) in [5.74, 6) is 0.566. The van der Waals surface area contributed by atoms with Gasteiger partial charge in [-0.1, -0.05) is 19.8 Å². The van der Waals surface area contributed by atoms with E-state index in [2.05, 4.69) is 12.2 Å². The van der Waals surface area contributed by atoms with Crippen LogP contribution in [-0.4, -0.2) is 11.4 Å². The van der Waals surface area contributed by atoms with E-state index < -0.39 is 5.54 Å². The average Bonchev–Trinajstić information content (AvgIpc) is 2.78. The van der Waals surface area contributed by atoms with Crippen molar-refractivity contribution in [1.29, 1.82) is 0 Å². The topological polar surface area (TPSA) is 55.1 Å². The third kappa shape index (κ3) is 3.07. The summed E-state index contributed by atoms with van der Waals surface area (Å²) in [6.45, 7) is 2.77. The molecule has 3 nitrogen and oxygen atoms in total. The lowest BCUT2D eigenvalue weighted by molar-refractivity contribution is -0.128. The molecule has 2 rings (SSSR count). The molecule has 1 aliphatic carbocycles. The standard InChI is InChI=1S/C13H20N2OS/c1-10-3-2-5-13(14,7-10)12(16)15-8-11-4-6-17-9-11/h4,6,9-10H,2-3,5,7-8,14H2,1H3,(H,15,16). The van der Waals surface area contributed by atoms with Gasteiger partial charge in [0.2, 0.25) is 5.91 Å². The maximum Gasteiger partial charge on any atom is 0.240 e. The number of thiophene rings is 1. The highest BCUT2D eigenvalue weighted by Crippen LogP contribution is 2.30. The number of hydrogen-bond donors (Lipinski definition) is 2. The van der Waals surface area contributed by atoms with Gasteiger partial charge in [0.25, 0.3) is 0 Å². The quantitative estimate of drug-likeness (QED) is 0.867. The number of hydrogen-bond acceptors (Lipinski definition) is 3. The molecular weight excluding hydrogens is 232 g/mol. The van der Waals surface area contributed by atoms with E-state index in [1.165, 1.54) is 6.42 Å². The van der Waals surface area contributed by atoms with Crippen LogP contribution in [0, 0.1) is 5.92 Å². The maximum atomic E-state index is 12.1. The first-order valence-corrected chi connectivity index (χ1v) is 7.13. The molecule has 0 aliphatic heterocycles. The molecule has 0 bridgehead atoms. The molecule has 2 atom stereocenters. The lowest BCUT2D eigenvalue weighted by Gasteiger charge is -2.35. The second-order valence-corrected chi connectivity index (χ2v) is 5.95. The van der Waals surface area contributed by atoms with Gasteiger partial charge in [-0.05, 0) is 41.1 Å². The van der Waals surface area contributed by atoms with Crippen LogP contribution in [0.5, 0.6) is 0 Å². The van der Waals surface area contributed by atoms with Crippen LogP contribution >= 0.6 is 11.3 Å². The lowest BCUT2D eigenvalue weighted by atomic mass is 9.76. The summed E-state index contributed by atoms with van der Waals surface area (Å²) in [5.41, 5.74) is 6.73. The van der Waals surface area contributed by atoms with E-state index in [1.54, 1.807) is 11.3 Å². The Balaban J connectivity index is 1.90. The largest absolute Gasteiger partial charge is 0.350 e. The van der Waals surface area contributed by atoms with Gasteiger partial charge in [0.1, 0.15) is 0 Å². The molecule has 0 aromatic carbocycles. The van der Waals surface area contributed by atoms with Crippen molar-refractivity contribution in [3.05, 3.63) is 22.4 Å². The fourth-order valence-electron chi connectivity index (χ4n) is 2.55. The fraction of sp³-hybridized carbons (Fsp3) is 0.615. The molecule has 1 fully saturated rings. The minimum absolute atomic E-state index is 0.00949. The monoisotopic (exact) mass is 252 g/mol. The van der Waals surface area contributed by atoms with Gasteiger partial charge in [0.05, 0.1) is 5.54 Å². The van der Waals surface area contributed by atoms with Crippen molar-refractivity contribution in [2.75, 3.05) is 0 Å². The minimum atomic E-state index is -0.645. The van der Waals surface area contributed by atoms with Gasteiger partial charge in [-0.15, -0.1) is 0 Å². The highest BCUT2D eigenvalue weighted by atomic mass is 32.1. The molecule has 4 heteroatoms. The van der Waals surface area contributed by atoms with Gasteiger partial charge in [-0.25, -0.2) is 0 Å². The molecule has 1 heterocycles. The van der Waals surface area contributed by atoms with Crippen molar-refractivity contribution >= 4 is 17.2 Å². The molecule has 3 N–H and O–H groups in total. The van der Waals surface area contributed by atoms with Crippen molar-refractivity contribution in [2.45, 2.75) is 44.7 Å². The van der Waals surface area contributed by atoms with Gasteiger partial charge < -0.3 is 11.1 Å². The van der Waals surface area contributed by atoms with Crippen LogP contribution in [0.2, 0.25) is 0 Å². The molecule has 1 aromatic rings. The highest BCUT2D eigenvalue weighted by Gasteiger charge is 2.37. The van der Waals surface area contributed by atoms with Gasteiger partial charge in [-0.3, -0.25) is 4.79 Å². The van der Waals surface area contributed by atoms with Crippen LogP contribution in [0.3, 0.4) is 0 Å². The average molecular weight is 252 g/mol. The van der Waals surface area contributed by atoms with E-state index in [0.717, 1.165) is 24.8 Å². The van der Waals surface area contributed by atoms with Crippen LogP contribution in [0.1, 0.15) is 38.2 Å². The SMILES string of the molecule is CC1CCCC(N)(C(=O)NCc2ccsc2)C1. The molecule has 0 spiro atoms. The Morgan fingerprint density at radius 3 is 3.18 bits per heavy atom. The second-order valence-electron chi connectivity index (χ2n) is 5.17. The van der Waals surface area contributed by atoms with Crippen molar-refractivity contribution in [1.82, 2.24) is 5.32 Å². The predicted octanol–water partition coefficient (Wildman–Crippen LogP) is 2.27. The third-order valence-corrected chi connectivity index (χ3v) is 4.25. The Labute approximate surface area is 106 Å². The molecule has 0 radical (unpaired) electrons. The third-order valence-electron chi connectivity index (χ3n) is 3.52. The fourth-order valence-corrected chi connectivity index (χ4v) is 3.22. The van der Waals surface area contributed by atoms with Crippen LogP contribution in [-0.2, 0) is 11.3 Å². The summed E-state index contributed by atoms with van der Waals surface area (Å²) in [5, 5.41) is 7.02. The number of amides is 1. The van der Waals surface area contributed by atoms with Crippen LogP contribution in [0.4, 0.5) is 0 Å². The van der Waals surface area contributed by atoms with Gasteiger partial charge >= 0.3 is 0 Å². The first-order chi connectivity index (χ1) is 8.10. The lowest BCUT2D eigenvalue weighted by Crippen LogP contribution is -2.56. The summed E-state index contributed by atoms with van der Waals surface area (Å²) in [4.78, 5) is 12.1. The molecule has 1 aliphatic rings. The molecular formula is C13H20N2OS. The normalized spacial score (nSPS) is 28.9. The number of nitrogens with two attached hydrogens (primary N) is 1. The first kappa shape index (κ1) is 12.6. The number of carbonyl (C=O) groups is 1. The summed E-state index contributed by atoms with van der Waals surface area (Å²) in [6.07, 6.45) is 3.87. The van der Waals surface area contributed by atoms with Crippen molar-refractivity contribution in [3.8, 4) is 0 Å². The molecule has 2 unspecified atom stereocenters. The van der Waals surface area contributed by atoms with Crippen LogP contribution < -0.4 is 11.1 Å². The Bertz CT molecular complexity index is 377. The molecule has 17 heavy (non-hydrogen) atoms. The van der Waals surface area contributed by atoms with Crippen molar-refractivity contribution < 1.29 is 4.79 Å². The Morgan fingerprint density at radius 1 is 1.71 bits per heavy atom. The number of nitrogens with one attached hydrogen (secondary N) is 1. The Kier molecular flexibility index (Phi) is 3.84. The van der Waals surface area contributed by atoms with Crippen LogP contribution in [0.25, 0.3) is 0 Å². The molecule has 94 valence electrons. The molecule has 0 saturated heterocycles. The minimum Gasteiger partial charge on any atom is -0.350 e. The Hall–Kier alpha value is -0.870. The van der Waals surface area contributed by atoms with E-state index >= 15 is 0 Å². The zero-order chi connectivity index (χ0) is 12.3. The van der Waals surface area contributed by atoms with Gasteiger partial charge in [-0.2, -0.15) is 11.3 Å². The molecule has 1 saturated carbocycles. The first-order valence-electron chi connectivity index (χ1n) is 6.18. The zero-order valence-electron chi connectivity index (χ0n) is 10.2. The highest BCUT2D eigenvalue weighted by molar-refractivity contribution is 7.07. The van der Waals surface area contributed by atoms with E-state index in [9.17, 15) is 4.79 Å². The van der Waals surface area contributed by atoms with E-state index in [-0.39, 0.29) is 5.91 Å². The number of carbonyl (C=O) groups excluding carboxylic acids is 1. The smallest absolute Gasteiger partial charge is 0.240 e. The van der Waals surface area contributed by atoms with E-state index in [0.29, 0.717) is 12.5 Å². The predicted molar refractivity (Wildman–Crippen MR) is 70.7 cm³/mol. The summed E-state index contributed by atoms with van der Waals surface area (Å²) in [7, 11) is 0. The van der Waals surface area contributed by atoms with E-state index in [4.69, 9.17) is 5.73 Å².